The molecule has 6 heteroatoms. The second-order valence-corrected chi connectivity index (χ2v) is 5.69. The number of aryl methyl sites for hydroxylation is 2. The van der Waals surface area contributed by atoms with Crippen molar-refractivity contribution in [1.82, 2.24) is 14.7 Å². The summed E-state index contributed by atoms with van der Waals surface area (Å²) < 4.78 is 1.67. The summed E-state index contributed by atoms with van der Waals surface area (Å²) in [5.74, 6) is -0.149. The lowest BCUT2D eigenvalue weighted by Gasteiger charge is -2.18. The number of amides is 2. The molecular weight excluding hydrogens is 304 g/mol. The summed E-state index contributed by atoms with van der Waals surface area (Å²) in [5, 5.41) is 7.10. The molecule has 0 bridgehead atoms. The molecule has 0 aliphatic rings. The molecule has 24 heavy (non-hydrogen) atoms. The number of hydrogen-bond acceptors (Lipinski definition) is 3. The maximum atomic E-state index is 12.2. The summed E-state index contributed by atoms with van der Waals surface area (Å²) >= 11 is 0. The number of hydrogen-bond donors (Lipinski definition) is 1. The van der Waals surface area contributed by atoms with E-state index in [0.717, 1.165) is 11.4 Å². The first kappa shape index (κ1) is 17.7. The maximum Gasteiger partial charge on any atom is 0.253 e. The molecule has 1 aromatic carbocycles. The van der Waals surface area contributed by atoms with Crippen molar-refractivity contribution in [2.75, 3.05) is 18.4 Å². The van der Waals surface area contributed by atoms with Gasteiger partial charge >= 0.3 is 0 Å². The second kappa shape index (κ2) is 7.77. The van der Waals surface area contributed by atoms with E-state index in [4.69, 9.17) is 0 Å². The van der Waals surface area contributed by atoms with Crippen molar-refractivity contribution in [3.05, 3.63) is 47.3 Å². The Kier molecular flexibility index (Phi) is 5.73. The first-order valence-electron chi connectivity index (χ1n) is 8.14. The quantitative estimate of drug-likeness (QED) is 0.886. The Bertz CT molecular complexity index is 715. The number of carbonyl (C=O) groups excluding carboxylic acids is 2. The van der Waals surface area contributed by atoms with Crippen LogP contribution in [0.25, 0.3) is 0 Å². The van der Waals surface area contributed by atoms with E-state index >= 15 is 0 Å². The van der Waals surface area contributed by atoms with Crippen LogP contribution in [0.4, 0.5) is 5.69 Å². The molecule has 0 aliphatic carbocycles. The largest absolute Gasteiger partial charge is 0.339 e. The highest BCUT2D eigenvalue weighted by molar-refractivity contribution is 5.95. The van der Waals surface area contributed by atoms with Crippen LogP contribution in [0.1, 0.15) is 35.6 Å². The Hall–Kier alpha value is -2.63. The number of rotatable bonds is 6. The van der Waals surface area contributed by atoms with E-state index in [0.29, 0.717) is 24.3 Å². The van der Waals surface area contributed by atoms with Crippen LogP contribution in [-0.2, 0) is 11.3 Å². The normalized spacial score (nSPS) is 10.5. The van der Waals surface area contributed by atoms with Crippen molar-refractivity contribution in [3.8, 4) is 0 Å². The zero-order valence-corrected chi connectivity index (χ0v) is 14.7. The van der Waals surface area contributed by atoms with Gasteiger partial charge in [-0.25, -0.2) is 0 Å². The lowest BCUT2D eigenvalue weighted by atomic mass is 10.1. The van der Waals surface area contributed by atoms with Crippen LogP contribution in [0.2, 0.25) is 0 Å². The topological polar surface area (TPSA) is 67.2 Å². The van der Waals surface area contributed by atoms with E-state index in [2.05, 4.69) is 10.4 Å². The van der Waals surface area contributed by atoms with Gasteiger partial charge in [0.15, 0.2) is 0 Å². The van der Waals surface area contributed by atoms with Gasteiger partial charge in [0.1, 0.15) is 6.54 Å². The third-order valence-corrected chi connectivity index (χ3v) is 3.86. The highest BCUT2D eigenvalue weighted by Crippen LogP contribution is 2.12. The molecule has 0 radical (unpaired) electrons. The first-order valence-corrected chi connectivity index (χ1v) is 8.14. The average molecular weight is 328 g/mol. The van der Waals surface area contributed by atoms with Gasteiger partial charge in [-0.3, -0.25) is 14.3 Å². The molecule has 128 valence electrons. The fourth-order valence-electron chi connectivity index (χ4n) is 2.56. The summed E-state index contributed by atoms with van der Waals surface area (Å²) in [7, 11) is 0. The molecule has 0 atom stereocenters. The van der Waals surface area contributed by atoms with Gasteiger partial charge in [-0.2, -0.15) is 5.10 Å². The van der Waals surface area contributed by atoms with Crippen molar-refractivity contribution in [1.29, 1.82) is 0 Å². The van der Waals surface area contributed by atoms with Gasteiger partial charge in [0, 0.05) is 30.0 Å². The van der Waals surface area contributed by atoms with E-state index in [9.17, 15) is 9.59 Å². The second-order valence-electron chi connectivity index (χ2n) is 5.69. The molecule has 1 aromatic heterocycles. The lowest BCUT2D eigenvalue weighted by Crippen LogP contribution is -2.30. The summed E-state index contributed by atoms with van der Waals surface area (Å²) in [6.45, 7) is 9.24. The molecule has 2 rings (SSSR count). The van der Waals surface area contributed by atoms with Crippen LogP contribution in [0, 0.1) is 13.8 Å². The average Bonchev–Trinajstić information content (AvgIpc) is 2.86. The minimum atomic E-state index is -0.149. The molecule has 0 saturated carbocycles. The van der Waals surface area contributed by atoms with Gasteiger partial charge in [0.2, 0.25) is 5.91 Å². The molecular formula is C18H24N4O2. The van der Waals surface area contributed by atoms with E-state index in [-0.39, 0.29) is 18.4 Å². The minimum Gasteiger partial charge on any atom is -0.339 e. The van der Waals surface area contributed by atoms with E-state index < -0.39 is 0 Å². The molecule has 6 nitrogen and oxygen atoms in total. The van der Waals surface area contributed by atoms with Gasteiger partial charge in [0.25, 0.3) is 5.91 Å². The van der Waals surface area contributed by atoms with E-state index in [1.54, 1.807) is 33.8 Å². The summed E-state index contributed by atoms with van der Waals surface area (Å²) in [4.78, 5) is 26.1. The zero-order chi connectivity index (χ0) is 17.7. The van der Waals surface area contributed by atoms with Crippen LogP contribution < -0.4 is 5.32 Å². The highest BCUT2D eigenvalue weighted by Gasteiger charge is 2.12. The van der Waals surface area contributed by atoms with Crippen LogP contribution in [-0.4, -0.2) is 39.6 Å². The van der Waals surface area contributed by atoms with Crippen molar-refractivity contribution in [2.24, 2.45) is 0 Å². The van der Waals surface area contributed by atoms with Crippen molar-refractivity contribution in [3.63, 3.8) is 0 Å². The summed E-state index contributed by atoms with van der Waals surface area (Å²) in [6.07, 6.45) is 0. The predicted octanol–water partition coefficient (Wildman–Crippen LogP) is 2.62. The third-order valence-electron chi connectivity index (χ3n) is 3.86. The van der Waals surface area contributed by atoms with Gasteiger partial charge in [-0.1, -0.05) is 0 Å². The third kappa shape index (κ3) is 4.22. The van der Waals surface area contributed by atoms with Gasteiger partial charge in [0.05, 0.1) is 5.69 Å². The van der Waals surface area contributed by atoms with Crippen LogP contribution >= 0.6 is 0 Å². The zero-order valence-electron chi connectivity index (χ0n) is 14.7. The number of carbonyl (C=O) groups is 2. The van der Waals surface area contributed by atoms with Gasteiger partial charge < -0.3 is 10.2 Å². The fourth-order valence-corrected chi connectivity index (χ4v) is 2.56. The Labute approximate surface area is 142 Å². The van der Waals surface area contributed by atoms with Gasteiger partial charge in [-0.05, 0) is 58.0 Å². The number of nitrogens with one attached hydrogen (secondary N) is 1. The maximum absolute atomic E-state index is 12.2. The number of benzene rings is 1. The van der Waals surface area contributed by atoms with Crippen LogP contribution in [0.5, 0.6) is 0 Å². The SMILES string of the molecule is CCN(CC)C(=O)c1ccc(NC(=O)Cn2nc(C)cc2C)cc1. The Morgan fingerprint density at radius 2 is 1.75 bits per heavy atom. The molecule has 1 N–H and O–H groups in total. The van der Waals surface area contributed by atoms with Crippen molar-refractivity contribution in [2.45, 2.75) is 34.2 Å². The standard InChI is InChI=1S/C18H24N4O2/c1-5-21(6-2)18(24)15-7-9-16(10-8-15)19-17(23)12-22-14(4)11-13(3)20-22/h7-11H,5-6,12H2,1-4H3,(H,19,23). The monoisotopic (exact) mass is 328 g/mol. The fraction of sp³-hybridized carbons (Fsp3) is 0.389. The van der Waals surface area contributed by atoms with Gasteiger partial charge in [-0.15, -0.1) is 0 Å². The summed E-state index contributed by atoms with van der Waals surface area (Å²) in [6, 6.07) is 8.89. The molecule has 0 fully saturated rings. The van der Waals surface area contributed by atoms with Crippen molar-refractivity contribution < 1.29 is 9.59 Å². The van der Waals surface area contributed by atoms with Crippen LogP contribution in [0.3, 0.4) is 0 Å². The molecule has 0 aliphatic heterocycles. The molecule has 2 amide bonds. The Morgan fingerprint density at radius 3 is 2.25 bits per heavy atom. The first-order chi connectivity index (χ1) is 11.4. The minimum absolute atomic E-state index is 0.000479. The molecule has 0 saturated heterocycles. The lowest BCUT2D eigenvalue weighted by molar-refractivity contribution is -0.116. The predicted molar refractivity (Wildman–Crippen MR) is 94.0 cm³/mol. The Morgan fingerprint density at radius 1 is 1.12 bits per heavy atom. The smallest absolute Gasteiger partial charge is 0.253 e. The number of nitrogens with zero attached hydrogens (tertiary/aromatic N) is 3. The van der Waals surface area contributed by atoms with Crippen LogP contribution in [0.15, 0.2) is 30.3 Å². The van der Waals surface area contributed by atoms with E-state index in [1.165, 1.54) is 0 Å². The molecule has 0 unspecified atom stereocenters. The highest BCUT2D eigenvalue weighted by atomic mass is 16.2. The number of aromatic nitrogens is 2. The van der Waals surface area contributed by atoms with E-state index in [1.807, 2.05) is 33.8 Å². The molecule has 0 spiro atoms. The number of anilines is 1. The summed E-state index contributed by atoms with van der Waals surface area (Å²) in [5.41, 5.74) is 3.12. The molecule has 1 heterocycles. The van der Waals surface area contributed by atoms with Crippen molar-refractivity contribution >= 4 is 17.5 Å². The Balaban J connectivity index is 1.99. The molecule has 2 aromatic rings.